The van der Waals surface area contributed by atoms with E-state index >= 15 is 0 Å². The van der Waals surface area contributed by atoms with Gasteiger partial charge in [0, 0.05) is 25.3 Å². The lowest BCUT2D eigenvalue weighted by molar-refractivity contribution is 0.555. The second kappa shape index (κ2) is 5.76. The Morgan fingerprint density at radius 1 is 1.17 bits per heavy atom. The number of hydrogen-bond donors (Lipinski definition) is 1. The molecule has 23 heavy (non-hydrogen) atoms. The van der Waals surface area contributed by atoms with Gasteiger partial charge in [0.15, 0.2) is 0 Å². The Hall–Kier alpha value is -2.81. The number of benzene rings is 1. The van der Waals surface area contributed by atoms with Gasteiger partial charge in [0.2, 0.25) is 5.89 Å². The van der Waals surface area contributed by atoms with Crippen LogP contribution in [-0.4, -0.2) is 32.7 Å². The number of aromatic nitrogens is 2. The third-order valence-electron chi connectivity index (χ3n) is 3.06. The van der Waals surface area contributed by atoms with E-state index in [0.29, 0.717) is 5.56 Å². The van der Waals surface area contributed by atoms with E-state index in [2.05, 4.69) is 14.9 Å². The lowest BCUT2D eigenvalue weighted by atomic mass is 10.2. The summed E-state index contributed by atoms with van der Waals surface area (Å²) in [5.41, 5.74) is 1.65. The van der Waals surface area contributed by atoms with Crippen LogP contribution in [0.25, 0.3) is 11.5 Å². The fourth-order valence-electron chi connectivity index (χ4n) is 1.88. The Balaban J connectivity index is 1.85. The number of rotatable bonds is 5. The molecule has 0 spiro atoms. The average molecular weight is 334 g/mol. The Kier molecular flexibility index (Phi) is 3.78. The van der Waals surface area contributed by atoms with Crippen molar-refractivity contribution in [2.75, 3.05) is 23.7 Å². The van der Waals surface area contributed by atoms with Gasteiger partial charge in [-0.1, -0.05) is 11.2 Å². The second-order valence-electron chi connectivity index (χ2n) is 4.92. The molecule has 0 unspecified atom stereocenters. The van der Waals surface area contributed by atoms with Crippen LogP contribution in [0.5, 0.6) is 0 Å². The van der Waals surface area contributed by atoms with E-state index in [9.17, 15) is 8.42 Å². The Morgan fingerprint density at radius 3 is 2.70 bits per heavy atom. The molecular formula is C14H14N4O4S. The molecule has 120 valence electrons. The van der Waals surface area contributed by atoms with Gasteiger partial charge < -0.3 is 13.7 Å². The fraction of sp³-hybridized carbons (Fsp3) is 0.143. The summed E-state index contributed by atoms with van der Waals surface area (Å²) in [7, 11) is 0.0195. The number of furan rings is 1. The predicted octanol–water partition coefficient (Wildman–Crippen LogP) is 2.20. The molecule has 3 aromatic rings. The minimum absolute atomic E-state index is 0.0214. The van der Waals surface area contributed by atoms with Crippen molar-refractivity contribution in [3.05, 3.63) is 42.9 Å². The number of nitrogens with one attached hydrogen (secondary N) is 1. The van der Waals surface area contributed by atoms with Gasteiger partial charge in [-0.3, -0.25) is 0 Å². The first-order valence-corrected chi connectivity index (χ1v) is 8.10. The van der Waals surface area contributed by atoms with E-state index in [1.54, 1.807) is 6.07 Å². The molecule has 1 N–H and O–H groups in total. The lowest BCUT2D eigenvalue weighted by Crippen LogP contribution is -2.12. The van der Waals surface area contributed by atoms with Gasteiger partial charge in [-0.2, -0.15) is 0 Å². The largest absolute Gasteiger partial charge is 0.471 e. The molecule has 0 saturated heterocycles. The third kappa shape index (κ3) is 3.19. The smallest absolute Gasteiger partial charge is 0.330 e. The van der Waals surface area contributed by atoms with E-state index in [1.165, 1.54) is 12.3 Å². The molecule has 0 aliphatic heterocycles. The van der Waals surface area contributed by atoms with Crippen molar-refractivity contribution in [2.24, 2.45) is 0 Å². The van der Waals surface area contributed by atoms with Gasteiger partial charge in [-0.25, -0.2) is 13.1 Å². The maximum Gasteiger partial charge on any atom is 0.330 e. The number of anilines is 2. The van der Waals surface area contributed by atoms with Crippen LogP contribution < -0.4 is 9.62 Å². The minimum atomic E-state index is -3.81. The van der Waals surface area contributed by atoms with Crippen LogP contribution in [0.3, 0.4) is 0 Å². The van der Waals surface area contributed by atoms with Gasteiger partial charge in [0.05, 0.1) is 6.26 Å². The first-order chi connectivity index (χ1) is 11.0. The van der Waals surface area contributed by atoms with Crippen LogP contribution in [0.2, 0.25) is 0 Å². The van der Waals surface area contributed by atoms with Crippen LogP contribution in [0.15, 0.2) is 56.6 Å². The highest BCUT2D eigenvalue weighted by molar-refractivity contribution is 7.92. The summed E-state index contributed by atoms with van der Waals surface area (Å²) in [4.78, 5) is 1.91. The summed E-state index contributed by atoms with van der Waals surface area (Å²) in [5.74, 6) is 0.221. The second-order valence-corrected chi connectivity index (χ2v) is 6.60. The van der Waals surface area contributed by atoms with Crippen LogP contribution in [0.4, 0.5) is 11.7 Å². The Bertz CT molecular complexity index is 901. The first-order valence-electron chi connectivity index (χ1n) is 6.62. The molecular weight excluding hydrogens is 320 g/mol. The zero-order valence-corrected chi connectivity index (χ0v) is 13.2. The van der Waals surface area contributed by atoms with Crippen LogP contribution in [0, 0.1) is 0 Å². The van der Waals surface area contributed by atoms with Gasteiger partial charge in [0.25, 0.3) is 10.0 Å². The summed E-state index contributed by atoms with van der Waals surface area (Å²) in [6.45, 7) is 0. The standard InChI is InChI=1S/C14H14N4O4S/c1-18(2)11-5-3-4-10(8-11)13-15-16-14(22-13)17-23(19,20)12-6-7-21-9-12/h3-9H,1-2H3,(H,16,17). The molecule has 0 atom stereocenters. The predicted molar refractivity (Wildman–Crippen MR) is 83.6 cm³/mol. The zero-order chi connectivity index (χ0) is 16.4. The highest BCUT2D eigenvalue weighted by Gasteiger charge is 2.19. The van der Waals surface area contributed by atoms with E-state index in [1.807, 2.05) is 37.2 Å². The molecule has 0 aliphatic carbocycles. The molecule has 0 bridgehead atoms. The summed E-state index contributed by atoms with van der Waals surface area (Å²) in [6.07, 6.45) is 2.38. The molecule has 0 saturated carbocycles. The highest BCUT2D eigenvalue weighted by Crippen LogP contribution is 2.25. The van der Waals surface area contributed by atoms with Gasteiger partial charge in [-0.05, 0) is 24.3 Å². The Labute approximate surface area is 132 Å². The maximum absolute atomic E-state index is 12.0. The number of hydrogen-bond acceptors (Lipinski definition) is 7. The summed E-state index contributed by atoms with van der Waals surface area (Å²) in [6, 6.07) is 8.56. The lowest BCUT2D eigenvalue weighted by Gasteiger charge is -2.12. The van der Waals surface area contributed by atoms with Crippen molar-refractivity contribution < 1.29 is 17.3 Å². The normalized spacial score (nSPS) is 11.4. The minimum Gasteiger partial charge on any atom is -0.471 e. The monoisotopic (exact) mass is 334 g/mol. The van der Waals surface area contributed by atoms with Crippen molar-refractivity contribution in [3.8, 4) is 11.5 Å². The SMILES string of the molecule is CN(C)c1cccc(-c2nnc(NS(=O)(=O)c3ccoc3)o2)c1. The molecule has 9 heteroatoms. The molecule has 3 rings (SSSR count). The van der Waals surface area contributed by atoms with E-state index in [4.69, 9.17) is 8.83 Å². The van der Waals surface area contributed by atoms with Crippen molar-refractivity contribution in [2.45, 2.75) is 4.90 Å². The molecule has 1 aromatic carbocycles. The van der Waals surface area contributed by atoms with Crippen LogP contribution in [0.1, 0.15) is 0 Å². The van der Waals surface area contributed by atoms with Gasteiger partial charge in [0.1, 0.15) is 11.2 Å². The van der Waals surface area contributed by atoms with E-state index < -0.39 is 10.0 Å². The molecule has 0 amide bonds. The number of nitrogens with zero attached hydrogens (tertiary/aromatic N) is 3. The first kappa shape index (κ1) is 15.1. The number of sulfonamides is 1. The van der Waals surface area contributed by atoms with E-state index in [0.717, 1.165) is 12.0 Å². The third-order valence-corrected chi connectivity index (χ3v) is 4.36. The summed E-state index contributed by atoms with van der Waals surface area (Å²) < 4.78 is 36.4. The maximum atomic E-state index is 12.0. The van der Waals surface area contributed by atoms with Crippen molar-refractivity contribution in [1.29, 1.82) is 0 Å². The van der Waals surface area contributed by atoms with Gasteiger partial charge in [-0.15, -0.1) is 5.10 Å². The average Bonchev–Trinajstić information content (AvgIpc) is 3.18. The molecule has 0 aliphatic rings. The molecule has 0 fully saturated rings. The van der Waals surface area contributed by atoms with Crippen LogP contribution in [-0.2, 0) is 10.0 Å². The molecule has 2 aromatic heterocycles. The molecule has 2 heterocycles. The topological polar surface area (TPSA) is 101 Å². The summed E-state index contributed by atoms with van der Waals surface area (Å²) >= 11 is 0. The molecule has 8 nitrogen and oxygen atoms in total. The molecule has 0 radical (unpaired) electrons. The highest BCUT2D eigenvalue weighted by atomic mass is 32.2. The van der Waals surface area contributed by atoms with Crippen LogP contribution >= 0.6 is 0 Å². The van der Waals surface area contributed by atoms with Gasteiger partial charge >= 0.3 is 6.01 Å². The van der Waals surface area contributed by atoms with E-state index in [-0.39, 0.29) is 16.8 Å². The zero-order valence-electron chi connectivity index (χ0n) is 12.4. The Morgan fingerprint density at radius 2 is 2.00 bits per heavy atom. The quantitative estimate of drug-likeness (QED) is 0.763. The fourth-order valence-corrected chi connectivity index (χ4v) is 2.72. The van der Waals surface area contributed by atoms with Crippen molar-refractivity contribution >= 4 is 21.7 Å². The summed E-state index contributed by atoms with van der Waals surface area (Å²) in [5, 5.41) is 7.58. The van der Waals surface area contributed by atoms with Crippen molar-refractivity contribution in [1.82, 2.24) is 10.2 Å². The van der Waals surface area contributed by atoms with Crippen molar-refractivity contribution in [3.63, 3.8) is 0 Å².